The highest BCUT2D eigenvalue weighted by Gasteiger charge is 2.21. The van der Waals surface area contributed by atoms with E-state index in [1.165, 1.54) is 0 Å². The zero-order chi connectivity index (χ0) is 13.5. The normalized spacial score (nSPS) is 16.4. The molecule has 4 nitrogen and oxygen atoms in total. The van der Waals surface area contributed by atoms with Gasteiger partial charge in [-0.3, -0.25) is 4.90 Å². The summed E-state index contributed by atoms with van der Waals surface area (Å²) >= 11 is 5.70. The molecule has 1 saturated heterocycles. The molecule has 0 N–H and O–H groups in total. The third-order valence-electron chi connectivity index (χ3n) is 3.24. The maximum absolute atomic E-state index is 11.9. The summed E-state index contributed by atoms with van der Waals surface area (Å²) in [6.07, 6.45) is -0.227. The topological polar surface area (TPSA) is 32.8 Å². The number of carbonyl (C=O) groups is 1. The van der Waals surface area contributed by atoms with Crippen molar-refractivity contribution in [3.63, 3.8) is 0 Å². The lowest BCUT2D eigenvalue weighted by Gasteiger charge is -2.33. The van der Waals surface area contributed by atoms with Crippen molar-refractivity contribution in [2.75, 3.05) is 38.6 Å². The van der Waals surface area contributed by atoms with Crippen LogP contribution in [0.25, 0.3) is 0 Å². The molecule has 0 saturated carbocycles. The number of carbonyl (C=O) groups excluding carboxylic acids is 1. The maximum Gasteiger partial charge on any atom is 0.410 e. The van der Waals surface area contributed by atoms with E-state index in [9.17, 15) is 4.79 Å². The molecule has 104 valence electrons. The number of amides is 1. The second-order valence-corrected chi connectivity index (χ2v) is 4.94. The minimum Gasteiger partial charge on any atom is -0.445 e. The molecule has 2 rings (SSSR count). The van der Waals surface area contributed by atoms with Crippen molar-refractivity contribution in [1.82, 2.24) is 9.80 Å². The Bertz CT molecular complexity index is 392. The number of nitrogens with zero attached hydrogens (tertiary/aromatic N) is 2. The molecule has 0 radical (unpaired) electrons. The Balaban J connectivity index is 1.73. The van der Waals surface area contributed by atoms with E-state index in [1.807, 2.05) is 30.3 Å². The lowest BCUT2D eigenvalue weighted by molar-refractivity contribution is 0.0730. The average molecular weight is 283 g/mol. The van der Waals surface area contributed by atoms with Gasteiger partial charge in [-0.15, -0.1) is 11.6 Å². The van der Waals surface area contributed by atoms with Gasteiger partial charge < -0.3 is 9.64 Å². The van der Waals surface area contributed by atoms with Gasteiger partial charge in [-0.1, -0.05) is 30.3 Å². The molecule has 1 fully saturated rings. The first-order valence-corrected chi connectivity index (χ1v) is 7.07. The smallest absolute Gasteiger partial charge is 0.410 e. The number of hydrogen-bond acceptors (Lipinski definition) is 3. The summed E-state index contributed by atoms with van der Waals surface area (Å²) in [6.45, 7) is 4.38. The van der Waals surface area contributed by atoms with Crippen LogP contribution < -0.4 is 0 Å². The van der Waals surface area contributed by atoms with Crippen molar-refractivity contribution in [3.05, 3.63) is 35.9 Å². The Morgan fingerprint density at radius 2 is 1.84 bits per heavy atom. The van der Waals surface area contributed by atoms with Crippen molar-refractivity contribution < 1.29 is 9.53 Å². The molecule has 0 aliphatic carbocycles. The second kappa shape index (κ2) is 7.36. The monoisotopic (exact) mass is 282 g/mol. The summed E-state index contributed by atoms with van der Waals surface area (Å²) in [5.41, 5.74) is 1.01. The summed E-state index contributed by atoms with van der Waals surface area (Å²) in [6, 6.07) is 9.72. The standard InChI is InChI=1S/C14H19ClN2O2/c15-6-7-16-8-10-17(11-9-16)14(18)19-12-13-4-2-1-3-5-13/h1-5H,6-12H2. The summed E-state index contributed by atoms with van der Waals surface area (Å²) in [5.74, 6) is 0.637. The van der Waals surface area contributed by atoms with Crippen LogP contribution in [0.3, 0.4) is 0 Å². The number of benzene rings is 1. The van der Waals surface area contributed by atoms with Gasteiger partial charge in [-0.25, -0.2) is 4.79 Å². The van der Waals surface area contributed by atoms with Crippen LogP contribution in [0.2, 0.25) is 0 Å². The van der Waals surface area contributed by atoms with E-state index in [0.717, 1.165) is 25.2 Å². The number of ether oxygens (including phenoxy) is 1. The van der Waals surface area contributed by atoms with E-state index < -0.39 is 0 Å². The predicted octanol–water partition coefficient (Wildman–Crippen LogP) is 2.18. The Kier molecular flexibility index (Phi) is 5.48. The van der Waals surface area contributed by atoms with E-state index in [2.05, 4.69) is 4.90 Å². The molecule has 0 atom stereocenters. The van der Waals surface area contributed by atoms with Crippen LogP contribution in [-0.2, 0) is 11.3 Å². The fourth-order valence-corrected chi connectivity index (χ4v) is 2.32. The van der Waals surface area contributed by atoms with Gasteiger partial charge in [0.25, 0.3) is 0 Å². The Labute approximate surface area is 118 Å². The van der Waals surface area contributed by atoms with E-state index >= 15 is 0 Å². The van der Waals surface area contributed by atoms with Gasteiger partial charge in [0.2, 0.25) is 0 Å². The zero-order valence-electron chi connectivity index (χ0n) is 10.9. The average Bonchev–Trinajstić information content (AvgIpc) is 2.47. The van der Waals surface area contributed by atoms with Crippen molar-refractivity contribution in [3.8, 4) is 0 Å². The molecule has 1 aromatic carbocycles. The Hall–Kier alpha value is -1.26. The van der Waals surface area contributed by atoms with Crippen LogP contribution in [0.15, 0.2) is 30.3 Å². The van der Waals surface area contributed by atoms with E-state index in [0.29, 0.717) is 25.6 Å². The number of piperazine rings is 1. The van der Waals surface area contributed by atoms with Crippen molar-refractivity contribution in [1.29, 1.82) is 0 Å². The summed E-state index contributed by atoms with van der Waals surface area (Å²) in [5, 5.41) is 0. The molecule has 0 unspecified atom stereocenters. The van der Waals surface area contributed by atoms with Crippen LogP contribution in [0, 0.1) is 0 Å². The predicted molar refractivity (Wildman–Crippen MR) is 75.4 cm³/mol. The van der Waals surface area contributed by atoms with Crippen molar-refractivity contribution in [2.24, 2.45) is 0 Å². The number of halogens is 1. The number of alkyl halides is 1. The molecule has 1 aliphatic heterocycles. The van der Waals surface area contributed by atoms with Crippen LogP contribution in [0.4, 0.5) is 4.79 Å². The molecule has 0 aromatic heterocycles. The van der Waals surface area contributed by atoms with Crippen LogP contribution in [0.1, 0.15) is 5.56 Å². The second-order valence-electron chi connectivity index (χ2n) is 4.56. The van der Waals surface area contributed by atoms with Crippen LogP contribution in [0.5, 0.6) is 0 Å². The van der Waals surface area contributed by atoms with Crippen LogP contribution >= 0.6 is 11.6 Å². The fourth-order valence-electron chi connectivity index (χ4n) is 2.08. The Morgan fingerprint density at radius 3 is 2.47 bits per heavy atom. The first-order valence-electron chi connectivity index (χ1n) is 6.53. The Morgan fingerprint density at radius 1 is 1.16 bits per heavy atom. The first kappa shape index (κ1) is 14.2. The zero-order valence-corrected chi connectivity index (χ0v) is 11.7. The van der Waals surface area contributed by atoms with Gasteiger partial charge in [0.05, 0.1) is 0 Å². The molecular weight excluding hydrogens is 264 g/mol. The molecule has 0 bridgehead atoms. The highest BCUT2D eigenvalue weighted by molar-refractivity contribution is 6.18. The molecule has 0 spiro atoms. The molecule has 1 aliphatic rings. The van der Waals surface area contributed by atoms with Crippen molar-refractivity contribution >= 4 is 17.7 Å². The quantitative estimate of drug-likeness (QED) is 0.794. The third-order valence-corrected chi connectivity index (χ3v) is 3.41. The molecular formula is C14H19ClN2O2. The van der Waals surface area contributed by atoms with Crippen LogP contribution in [-0.4, -0.2) is 54.5 Å². The number of hydrogen-bond donors (Lipinski definition) is 0. The maximum atomic E-state index is 11.9. The highest BCUT2D eigenvalue weighted by Crippen LogP contribution is 2.06. The first-order chi connectivity index (χ1) is 9.29. The lowest BCUT2D eigenvalue weighted by Crippen LogP contribution is -2.49. The molecule has 5 heteroatoms. The largest absolute Gasteiger partial charge is 0.445 e. The fraction of sp³-hybridized carbons (Fsp3) is 0.500. The van der Waals surface area contributed by atoms with E-state index in [1.54, 1.807) is 4.90 Å². The SMILES string of the molecule is O=C(OCc1ccccc1)N1CCN(CCCl)CC1. The number of rotatable bonds is 4. The van der Waals surface area contributed by atoms with Gasteiger partial charge >= 0.3 is 6.09 Å². The van der Waals surface area contributed by atoms with Gasteiger partial charge in [-0.2, -0.15) is 0 Å². The minimum absolute atomic E-state index is 0.227. The van der Waals surface area contributed by atoms with Gasteiger partial charge in [0.15, 0.2) is 0 Å². The molecule has 19 heavy (non-hydrogen) atoms. The van der Waals surface area contributed by atoms with Crippen molar-refractivity contribution in [2.45, 2.75) is 6.61 Å². The third kappa shape index (κ3) is 4.40. The minimum atomic E-state index is -0.227. The van der Waals surface area contributed by atoms with E-state index in [-0.39, 0.29) is 6.09 Å². The summed E-state index contributed by atoms with van der Waals surface area (Å²) in [7, 11) is 0. The van der Waals surface area contributed by atoms with Gasteiger partial charge in [0, 0.05) is 38.6 Å². The summed E-state index contributed by atoms with van der Waals surface area (Å²) in [4.78, 5) is 15.9. The van der Waals surface area contributed by atoms with Gasteiger partial charge in [0.1, 0.15) is 6.61 Å². The molecule has 1 aromatic rings. The molecule has 1 heterocycles. The van der Waals surface area contributed by atoms with Gasteiger partial charge in [-0.05, 0) is 5.56 Å². The lowest BCUT2D eigenvalue weighted by atomic mass is 10.2. The highest BCUT2D eigenvalue weighted by atomic mass is 35.5. The van der Waals surface area contributed by atoms with E-state index in [4.69, 9.17) is 16.3 Å². The molecule has 1 amide bonds. The summed E-state index contributed by atoms with van der Waals surface area (Å²) < 4.78 is 5.31.